The maximum absolute atomic E-state index is 14.2. The van der Waals surface area contributed by atoms with Gasteiger partial charge in [-0.15, -0.1) is 0 Å². The first kappa shape index (κ1) is 41.6. The number of benzene rings is 3. The number of guanidine groups is 1. The molecule has 14 nitrogen and oxygen atoms in total. The minimum atomic E-state index is -0.914. The highest BCUT2D eigenvalue weighted by molar-refractivity contribution is 5.93. The van der Waals surface area contributed by atoms with Crippen LogP contribution in [-0.4, -0.2) is 72.9 Å². The topological polar surface area (TPSA) is 205 Å². The Balaban J connectivity index is 1.71. The summed E-state index contributed by atoms with van der Waals surface area (Å²) in [7, 11) is 0. The second-order valence-corrected chi connectivity index (χ2v) is 13.2. The van der Waals surface area contributed by atoms with Crippen molar-refractivity contribution < 1.29 is 33.8 Å². The molecule has 3 rings (SSSR count). The number of phenols is 1. The normalized spacial score (nSPS) is 12.5. The van der Waals surface area contributed by atoms with Crippen molar-refractivity contribution >= 4 is 29.9 Å². The zero-order chi connectivity index (χ0) is 38.6. The number of amides is 5. The highest BCUT2D eigenvalue weighted by atomic mass is 16.6. The quantitative estimate of drug-likeness (QED) is 0.0561. The third-order valence-corrected chi connectivity index (χ3v) is 7.66. The molecule has 0 aromatic heterocycles. The Morgan fingerprint density at radius 1 is 0.811 bits per heavy atom. The molecule has 1 unspecified atom stereocenters. The zero-order valence-electron chi connectivity index (χ0n) is 30.9. The number of ether oxygens (including phenoxy) is 2. The Morgan fingerprint density at radius 3 is 2.21 bits per heavy atom. The molecule has 0 saturated carbocycles. The van der Waals surface area contributed by atoms with Crippen LogP contribution in [0.25, 0.3) is 0 Å². The summed E-state index contributed by atoms with van der Waals surface area (Å²) in [6.07, 6.45) is 1.57. The van der Waals surface area contributed by atoms with Crippen molar-refractivity contribution in [3.05, 3.63) is 95.6 Å². The van der Waals surface area contributed by atoms with Gasteiger partial charge in [-0.25, -0.2) is 9.59 Å². The summed E-state index contributed by atoms with van der Waals surface area (Å²) in [6.45, 7) is 8.94. The molecule has 8 N–H and O–H groups in total. The van der Waals surface area contributed by atoms with Gasteiger partial charge in [-0.2, -0.15) is 4.99 Å². The van der Waals surface area contributed by atoms with E-state index in [1.807, 2.05) is 75.4 Å². The van der Waals surface area contributed by atoms with Gasteiger partial charge in [-0.05, 0) is 94.3 Å². The molecule has 0 saturated heterocycles. The standard InChI is InChI=1S/C39H53N7O7/c1-5-41-37(50)46-36(40)42-23-12-17-32(34(48)44-26-27-18-20-30(47)21-19-27)45-35(49)33(28-13-7-6-8-14-28)29-15-11-16-31(25-29)52-24-10-9-22-43-38(51)53-39(2,3)4/h6-8,11,13-16,18-21,25,32-33,47H,5,9-10,12,17,22-24,26H2,1-4H3,(H,43,51)(H,44,48)(H,45,49)(H4,40,41,42,46,50)/t32-,33?/m1/s1. The molecule has 0 radical (unpaired) electrons. The van der Waals surface area contributed by atoms with Gasteiger partial charge in [0.05, 0.1) is 12.5 Å². The maximum Gasteiger partial charge on any atom is 0.407 e. The molecule has 3 aromatic rings. The summed E-state index contributed by atoms with van der Waals surface area (Å²) < 4.78 is 11.3. The number of hydrogen-bond acceptors (Lipinski definition) is 7. The number of urea groups is 1. The smallest absolute Gasteiger partial charge is 0.407 e. The van der Waals surface area contributed by atoms with Crippen molar-refractivity contribution in [2.75, 3.05) is 26.2 Å². The predicted molar refractivity (Wildman–Crippen MR) is 204 cm³/mol. The largest absolute Gasteiger partial charge is 0.508 e. The Morgan fingerprint density at radius 2 is 1.51 bits per heavy atom. The highest BCUT2D eigenvalue weighted by Gasteiger charge is 2.28. The number of rotatable bonds is 18. The van der Waals surface area contributed by atoms with E-state index in [1.54, 1.807) is 19.1 Å². The summed E-state index contributed by atoms with van der Waals surface area (Å²) >= 11 is 0. The van der Waals surface area contributed by atoms with Crippen LogP contribution in [0.1, 0.15) is 76.0 Å². The van der Waals surface area contributed by atoms with E-state index in [0.717, 1.165) is 11.1 Å². The average molecular weight is 732 g/mol. The van der Waals surface area contributed by atoms with Crippen LogP contribution in [0.5, 0.6) is 11.5 Å². The number of phenolic OH excluding ortho intramolecular Hbond substituents is 1. The van der Waals surface area contributed by atoms with E-state index in [1.165, 1.54) is 12.1 Å². The number of hydrogen-bond donors (Lipinski definition) is 7. The molecule has 2 atom stereocenters. The number of carbonyl (C=O) groups excluding carboxylic acids is 4. The SMILES string of the molecule is CCNC(=O)/N=C(/N)NCCC[C@@H](NC(=O)C(c1ccccc1)c1cccc(OCCCCNC(=O)OC(C)(C)C)c1)C(=O)NCc1ccc(O)cc1. The fraction of sp³-hybridized carbons (Fsp3) is 0.410. The van der Waals surface area contributed by atoms with E-state index in [2.05, 4.69) is 31.6 Å². The van der Waals surface area contributed by atoms with Crippen LogP contribution >= 0.6 is 0 Å². The number of alkyl carbamates (subject to hydrolysis) is 1. The summed E-state index contributed by atoms with van der Waals surface area (Å²) in [5, 5.41) is 23.6. The van der Waals surface area contributed by atoms with Gasteiger partial charge in [0.1, 0.15) is 23.1 Å². The number of nitrogens with two attached hydrogens (primary N) is 1. The minimum Gasteiger partial charge on any atom is -0.508 e. The molecular formula is C39H53N7O7. The molecule has 14 heteroatoms. The number of unbranched alkanes of at least 4 members (excludes halogenated alkanes) is 1. The Hall–Kier alpha value is -5.79. The molecule has 0 aliphatic carbocycles. The fourth-order valence-corrected chi connectivity index (χ4v) is 5.16. The number of nitrogens with one attached hydrogen (secondary N) is 5. The van der Waals surface area contributed by atoms with Crippen LogP contribution in [0.4, 0.5) is 9.59 Å². The molecule has 0 fully saturated rings. The zero-order valence-corrected chi connectivity index (χ0v) is 30.9. The molecule has 0 heterocycles. The number of aromatic hydroxyl groups is 1. The first-order valence-corrected chi connectivity index (χ1v) is 17.8. The molecule has 0 spiro atoms. The summed E-state index contributed by atoms with van der Waals surface area (Å²) in [6, 6.07) is 21.6. The van der Waals surface area contributed by atoms with Crippen LogP contribution in [0.15, 0.2) is 83.9 Å². The van der Waals surface area contributed by atoms with Crippen molar-refractivity contribution in [2.45, 2.75) is 77.5 Å². The molecule has 0 aliphatic heterocycles. The van der Waals surface area contributed by atoms with E-state index < -0.39 is 29.7 Å². The average Bonchev–Trinajstić information content (AvgIpc) is 3.10. The van der Waals surface area contributed by atoms with Crippen LogP contribution in [0.2, 0.25) is 0 Å². The number of aliphatic imine (C=N–C) groups is 1. The van der Waals surface area contributed by atoms with Crippen molar-refractivity contribution in [1.82, 2.24) is 26.6 Å². The van der Waals surface area contributed by atoms with Gasteiger partial charge in [-0.3, -0.25) is 9.59 Å². The second kappa shape index (κ2) is 21.5. The molecule has 5 amide bonds. The van der Waals surface area contributed by atoms with E-state index in [9.17, 15) is 24.3 Å². The highest BCUT2D eigenvalue weighted by Crippen LogP contribution is 2.28. The predicted octanol–water partition coefficient (Wildman–Crippen LogP) is 4.42. The van der Waals surface area contributed by atoms with Crippen LogP contribution < -0.4 is 37.1 Å². The maximum atomic E-state index is 14.2. The lowest BCUT2D eigenvalue weighted by Gasteiger charge is -2.24. The van der Waals surface area contributed by atoms with Crippen LogP contribution in [-0.2, 0) is 20.9 Å². The summed E-state index contributed by atoms with van der Waals surface area (Å²) in [4.78, 5) is 55.1. The Labute approximate surface area is 311 Å². The Bertz CT molecular complexity index is 1640. The van der Waals surface area contributed by atoms with E-state index in [0.29, 0.717) is 56.8 Å². The lowest BCUT2D eigenvalue weighted by Crippen LogP contribution is -2.48. The van der Waals surface area contributed by atoms with Gasteiger partial charge in [0.25, 0.3) is 0 Å². The first-order valence-electron chi connectivity index (χ1n) is 17.8. The van der Waals surface area contributed by atoms with Gasteiger partial charge in [0, 0.05) is 26.2 Å². The molecule has 53 heavy (non-hydrogen) atoms. The fourth-order valence-electron chi connectivity index (χ4n) is 5.16. The van der Waals surface area contributed by atoms with Crippen molar-refractivity contribution in [3.8, 4) is 11.5 Å². The number of nitrogens with zero attached hydrogens (tertiary/aromatic N) is 1. The molecular weight excluding hydrogens is 678 g/mol. The van der Waals surface area contributed by atoms with Gasteiger partial charge in [0.15, 0.2) is 5.96 Å². The first-order chi connectivity index (χ1) is 25.3. The molecule has 0 aliphatic rings. The monoisotopic (exact) mass is 731 g/mol. The van der Waals surface area contributed by atoms with Crippen LogP contribution in [0.3, 0.4) is 0 Å². The van der Waals surface area contributed by atoms with E-state index in [-0.39, 0.29) is 36.5 Å². The van der Waals surface area contributed by atoms with Gasteiger partial charge >= 0.3 is 12.1 Å². The second-order valence-electron chi connectivity index (χ2n) is 13.2. The molecule has 0 bridgehead atoms. The molecule has 3 aromatic carbocycles. The van der Waals surface area contributed by atoms with E-state index in [4.69, 9.17) is 15.2 Å². The van der Waals surface area contributed by atoms with Gasteiger partial charge < -0.3 is 46.9 Å². The van der Waals surface area contributed by atoms with Crippen LogP contribution in [0, 0.1) is 0 Å². The van der Waals surface area contributed by atoms with Crippen molar-refractivity contribution in [1.29, 1.82) is 0 Å². The lowest BCUT2D eigenvalue weighted by molar-refractivity contribution is -0.129. The minimum absolute atomic E-state index is 0.0583. The van der Waals surface area contributed by atoms with Crippen molar-refractivity contribution in [3.63, 3.8) is 0 Å². The third kappa shape index (κ3) is 16.0. The van der Waals surface area contributed by atoms with Gasteiger partial charge in [-0.1, -0.05) is 54.6 Å². The van der Waals surface area contributed by atoms with E-state index >= 15 is 0 Å². The number of carbonyl (C=O) groups is 4. The summed E-state index contributed by atoms with van der Waals surface area (Å²) in [5.41, 5.74) is 7.45. The summed E-state index contributed by atoms with van der Waals surface area (Å²) in [5.74, 6) is -0.892. The molecule has 286 valence electrons. The Kier molecular flexibility index (Phi) is 16.9. The third-order valence-electron chi connectivity index (χ3n) is 7.66. The van der Waals surface area contributed by atoms with Crippen molar-refractivity contribution in [2.24, 2.45) is 10.7 Å². The lowest BCUT2D eigenvalue weighted by atomic mass is 9.90. The van der Waals surface area contributed by atoms with Gasteiger partial charge in [0.2, 0.25) is 11.8 Å².